The molecule has 2 aliphatic heterocycles. The number of fused-ring (bicyclic) bond motifs is 1. The number of allylic oxidation sites excluding steroid dienone is 2. The minimum atomic E-state index is -3.68. The number of amides is 3. The minimum Gasteiger partial charge on any atom is -0.340 e. The molecule has 2 fully saturated rings. The van der Waals surface area contributed by atoms with Crippen molar-refractivity contribution in [3.05, 3.63) is 40.5 Å². The van der Waals surface area contributed by atoms with Gasteiger partial charge in [-0.1, -0.05) is 18.2 Å². The number of hydrogen-bond acceptors (Lipinski definition) is 5. The van der Waals surface area contributed by atoms with E-state index in [4.69, 9.17) is 0 Å². The van der Waals surface area contributed by atoms with E-state index in [1.807, 2.05) is 45.9 Å². The molecule has 1 aliphatic carbocycles. The maximum atomic E-state index is 13.4. The van der Waals surface area contributed by atoms with Crippen molar-refractivity contribution in [1.82, 2.24) is 14.1 Å². The summed E-state index contributed by atoms with van der Waals surface area (Å²) in [5, 5.41) is 0. The zero-order valence-electron chi connectivity index (χ0n) is 20.3. The molecule has 1 aromatic rings. The number of rotatable bonds is 5. The van der Waals surface area contributed by atoms with Gasteiger partial charge in [0.15, 0.2) is 0 Å². The SMILES string of the molecule is Cc1cc(C)c(C)c(S(=O)(=O)N2CCN(C(=O)CCN3C(=O)C4CC=CCC4C3=O)CC2)c1C. The van der Waals surface area contributed by atoms with Gasteiger partial charge in [-0.25, -0.2) is 8.42 Å². The van der Waals surface area contributed by atoms with Gasteiger partial charge in [-0.15, -0.1) is 0 Å². The summed E-state index contributed by atoms with van der Waals surface area (Å²) in [5.41, 5.74) is 3.41. The lowest BCUT2D eigenvalue weighted by Crippen LogP contribution is -2.51. The number of carbonyl (C=O) groups excluding carboxylic acids is 3. The lowest BCUT2D eigenvalue weighted by atomic mass is 9.85. The van der Waals surface area contributed by atoms with Gasteiger partial charge < -0.3 is 4.90 Å². The van der Waals surface area contributed by atoms with Crippen LogP contribution in [-0.2, 0) is 24.4 Å². The molecule has 34 heavy (non-hydrogen) atoms. The lowest BCUT2D eigenvalue weighted by Gasteiger charge is -2.35. The molecule has 0 aromatic heterocycles. The molecule has 2 unspecified atom stereocenters. The van der Waals surface area contributed by atoms with Gasteiger partial charge in [-0.2, -0.15) is 4.31 Å². The van der Waals surface area contributed by atoms with Crippen LogP contribution in [-0.4, -0.2) is 73.0 Å². The fraction of sp³-hybridized carbons (Fsp3) is 0.560. The van der Waals surface area contributed by atoms with Crippen LogP contribution in [0.15, 0.2) is 23.1 Å². The van der Waals surface area contributed by atoms with Crippen LogP contribution >= 0.6 is 0 Å². The molecule has 8 nitrogen and oxygen atoms in total. The predicted molar refractivity (Wildman–Crippen MR) is 127 cm³/mol. The van der Waals surface area contributed by atoms with Crippen LogP contribution in [0.25, 0.3) is 0 Å². The van der Waals surface area contributed by atoms with Gasteiger partial charge in [-0.05, 0) is 62.8 Å². The molecule has 0 N–H and O–H groups in total. The fourth-order valence-electron chi connectivity index (χ4n) is 5.33. The molecule has 0 spiro atoms. The summed E-state index contributed by atoms with van der Waals surface area (Å²) in [6.07, 6.45) is 5.10. The summed E-state index contributed by atoms with van der Waals surface area (Å²) in [4.78, 5) is 41.3. The van der Waals surface area contributed by atoms with Crippen molar-refractivity contribution < 1.29 is 22.8 Å². The van der Waals surface area contributed by atoms with Gasteiger partial charge in [0.2, 0.25) is 27.7 Å². The monoisotopic (exact) mass is 487 g/mol. The van der Waals surface area contributed by atoms with Gasteiger partial charge in [0.05, 0.1) is 16.7 Å². The number of aryl methyl sites for hydroxylation is 2. The summed E-state index contributed by atoms with van der Waals surface area (Å²) >= 11 is 0. The molecule has 4 rings (SSSR count). The number of benzene rings is 1. The second-order valence-electron chi connectivity index (χ2n) is 9.61. The summed E-state index contributed by atoms with van der Waals surface area (Å²) in [6.45, 7) is 8.61. The first kappa shape index (κ1) is 24.6. The first-order chi connectivity index (χ1) is 16.0. The summed E-state index contributed by atoms with van der Waals surface area (Å²) in [5.74, 6) is -1.11. The molecule has 1 aromatic carbocycles. The Labute approximate surface area is 201 Å². The number of nitrogens with zero attached hydrogens (tertiary/aromatic N) is 3. The Kier molecular flexibility index (Phi) is 6.70. The number of hydrogen-bond donors (Lipinski definition) is 0. The van der Waals surface area contributed by atoms with Crippen LogP contribution < -0.4 is 0 Å². The van der Waals surface area contributed by atoms with E-state index in [1.165, 1.54) is 9.21 Å². The fourth-order valence-corrected chi connectivity index (χ4v) is 7.33. The van der Waals surface area contributed by atoms with Gasteiger partial charge in [0, 0.05) is 39.1 Å². The number of sulfonamides is 1. The van der Waals surface area contributed by atoms with E-state index in [0.29, 0.717) is 17.7 Å². The Morgan fingerprint density at radius 1 is 0.882 bits per heavy atom. The zero-order chi connectivity index (χ0) is 24.8. The Balaban J connectivity index is 1.37. The Bertz CT molecular complexity index is 1110. The normalized spacial score (nSPS) is 23.5. The summed E-state index contributed by atoms with van der Waals surface area (Å²) in [7, 11) is -3.68. The van der Waals surface area contributed by atoms with Gasteiger partial charge >= 0.3 is 0 Å². The van der Waals surface area contributed by atoms with E-state index in [1.54, 1.807) is 4.90 Å². The molecule has 3 amide bonds. The van der Waals surface area contributed by atoms with E-state index in [2.05, 4.69) is 0 Å². The first-order valence-electron chi connectivity index (χ1n) is 11.9. The van der Waals surface area contributed by atoms with E-state index in [-0.39, 0.29) is 68.7 Å². The highest BCUT2D eigenvalue weighted by Gasteiger charge is 2.47. The van der Waals surface area contributed by atoms with Crippen molar-refractivity contribution in [3.8, 4) is 0 Å². The van der Waals surface area contributed by atoms with Crippen molar-refractivity contribution in [2.45, 2.75) is 51.9 Å². The molecule has 0 bridgehead atoms. The third-order valence-corrected chi connectivity index (χ3v) is 9.81. The predicted octanol–water partition coefficient (Wildman–Crippen LogP) is 2.09. The highest BCUT2D eigenvalue weighted by atomic mass is 32.2. The van der Waals surface area contributed by atoms with Gasteiger partial charge in [-0.3, -0.25) is 19.3 Å². The summed E-state index contributed by atoms with van der Waals surface area (Å²) in [6, 6.07) is 2.00. The molecular weight excluding hydrogens is 454 g/mol. The molecule has 2 saturated heterocycles. The average Bonchev–Trinajstić information content (AvgIpc) is 3.06. The van der Waals surface area contributed by atoms with Gasteiger partial charge in [0.25, 0.3) is 0 Å². The van der Waals surface area contributed by atoms with E-state index in [9.17, 15) is 22.8 Å². The van der Waals surface area contributed by atoms with Crippen LogP contribution in [0.2, 0.25) is 0 Å². The van der Waals surface area contributed by atoms with Crippen LogP contribution in [0.5, 0.6) is 0 Å². The highest BCUT2D eigenvalue weighted by molar-refractivity contribution is 7.89. The summed E-state index contributed by atoms with van der Waals surface area (Å²) < 4.78 is 28.3. The third kappa shape index (κ3) is 4.20. The lowest BCUT2D eigenvalue weighted by molar-refractivity contribution is -0.141. The first-order valence-corrected chi connectivity index (χ1v) is 13.3. The molecule has 2 heterocycles. The maximum absolute atomic E-state index is 13.4. The van der Waals surface area contributed by atoms with Crippen LogP contribution in [0, 0.1) is 39.5 Å². The molecule has 3 aliphatic rings. The van der Waals surface area contributed by atoms with Crippen molar-refractivity contribution in [2.24, 2.45) is 11.8 Å². The molecule has 0 radical (unpaired) electrons. The topological polar surface area (TPSA) is 95.1 Å². The molecule has 184 valence electrons. The van der Waals surface area contributed by atoms with E-state index in [0.717, 1.165) is 22.3 Å². The molecular formula is C25H33N3O5S. The Morgan fingerprint density at radius 3 is 1.88 bits per heavy atom. The highest BCUT2D eigenvalue weighted by Crippen LogP contribution is 2.35. The number of carbonyl (C=O) groups is 3. The van der Waals surface area contributed by atoms with Crippen LogP contribution in [0.3, 0.4) is 0 Å². The third-order valence-electron chi connectivity index (χ3n) is 7.63. The number of piperazine rings is 1. The van der Waals surface area contributed by atoms with Gasteiger partial charge in [0.1, 0.15) is 0 Å². The smallest absolute Gasteiger partial charge is 0.243 e. The minimum absolute atomic E-state index is 0.0619. The second kappa shape index (κ2) is 9.26. The maximum Gasteiger partial charge on any atom is 0.243 e. The van der Waals surface area contributed by atoms with Crippen molar-refractivity contribution >= 4 is 27.7 Å². The molecule has 9 heteroatoms. The number of imide groups is 1. The van der Waals surface area contributed by atoms with Crippen molar-refractivity contribution in [3.63, 3.8) is 0 Å². The standard InChI is InChI=1S/C25H33N3O5S/c1-16-15-17(2)19(4)23(18(16)3)34(32,33)27-13-11-26(12-14-27)22(29)9-10-28-24(30)20-7-5-6-8-21(20)25(28)31/h5-6,15,20-21H,7-14H2,1-4H3. The second-order valence-corrected chi connectivity index (χ2v) is 11.5. The Morgan fingerprint density at radius 2 is 1.38 bits per heavy atom. The number of likely N-dealkylation sites (tertiary alicyclic amines) is 1. The van der Waals surface area contributed by atoms with E-state index >= 15 is 0 Å². The van der Waals surface area contributed by atoms with Crippen LogP contribution in [0.4, 0.5) is 0 Å². The Hall–Kier alpha value is -2.52. The quantitative estimate of drug-likeness (QED) is 0.468. The van der Waals surface area contributed by atoms with Crippen molar-refractivity contribution in [2.75, 3.05) is 32.7 Å². The largest absolute Gasteiger partial charge is 0.340 e. The average molecular weight is 488 g/mol. The molecule has 2 atom stereocenters. The molecule has 0 saturated carbocycles. The zero-order valence-corrected chi connectivity index (χ0v) is 21.2. The van der Waals surface area contributed by atoms with E-state index < -0.39 is 10.0 Å². The van der Waals surface area contributed by atoms with Crippen molar-refractivity contribution in [1.29, 1.82) is 0 Å². The van der Waals surface area contributed by atoms with Crippen LogP contribution in [0.1, 0.15) is 41.5 Å².